The fourth-order valence-electron chi connectivity index (χ4n) is 3.03. The van der Waals surface area contributed by atoms with Gasteiger partial charge in [-0.15, -0.1) is 0 Å². The lowest BCUT2D eigenvalue weighted by atomic mass is 10.00. The summed E-state index contributed by atoms with van der Waals surface area (Å²) in [6.07, 6.45) is 3.88. The van der Waals surface area contributed by atoms with Crippen molar-refractivity contribution in [3.63, 3.8) is 0 Å². The molecule has 1 saturated heterocycles. The monoisotopic (exact) mass is 299 g/mol. The molecule has 6 heteroatoms. The molecule has 1 N–H and O–H groups in total. The van der Waals surface area contributed by atoms with E-state index in [9.17, 15) is 8.42 Å². The van der Waals surface area contributed by atoms with Gasteiger partial charge < -0.3 is 4.90 Å². The maximum atomic E-state index is 12.1. The number of hydrogen-bond acceptors (Lipinski definition) is 4. The number of hydrogen-bond donors (Lipinski definition) is 1. The van der Waals surface area contributed by atoms with Crippen LogP contribution < -0.4 is 4.72 Å². The van der Waals surface area contributed by atoms with Gasteiger partial charge in [-0.3, -0.25) is 0 Å². The molecule has 0 aromatic heterocycles. The maximum absolute atomic E-state index is 12.1. The van der Waals surface area contributed by atoms with Gasteiger partial charge in [-0.1, -0.05) is 6.92 Å². The molecular formula is C14H25N3O2S. The zero-order valence-corrected chi connectivity index (χ0v) is 13.2. The van der Waals surface area contributed by atoms with Gasteiger partial charge in [0.15, 0.2) is 0 Å². The van der Waals surface area contributed by atoms with E-state index < -0.39 is 15.4 Å². The Morgan fingerprint density at radius 1 is 1.50 bits per heavy atom. The second-order valence-corrected chi connectivity index (χ2v) is 8.43. The lowest BCUT2D eigenvalue weighted by Gasteiger charge is -2.32. The van der Waals surface area contributed by atoms with E-state index in [1.807, 2.05) is 6.92 Å². The van der Waals surface area contributed by atoms with Gasteiger partial charge in [-0.25, -0.2) is 13.1 Å². The van der Waals surface area contributed by atoms with Gasteiger partial charge >= 0.3 is 0 Å². The third-order valence-electron chi connectivity index (χ3n) is 4.21. The molecule has 1 heterocycles. The summed E-state index contributed by atoms with van der Waals surface area (Å²) in [7, 11) is -3.35. The van der Waals surface area contributed by atoms with Crippen LogP contribution in [0, 0.1) is 22.7 Å². The van der Waals surface area contributed by atoms with Crippen molar-refractivity contribution < 1.29 is 8.42 Å². The molecule has 2 rings (SSSR count). The maximum Gasteiger partial charge on any atom is 0.213 e. The second kappa shape index (κ2) is 6.00. The van der Waals surface area contributed by atoms with E-state index in [0.717, 1.165) is 19.6 Å². The second-order valence-electron chi connectivity index (χ2n) is 6.68. The lowest BCUT2D eigenvalue weighted by Crippen LogP contribution is -2.46. The molecule has 1 saturated carbocycles. The average Bonchev–Trinajstić information content (AvgIpc) is 3.07. The molecule has 1 aliphatic heterocycles. The molecule has 0 aromatic carbocycles. The van der Waals surface area contributed by atoms with Crippen molar-refractivity contribution in [3.8, 4) is 6.07 Å². The van der Waals surface area contributed by atoms with Gasteiger partial charge in [-0.05, 0) is 45.1 Å². The van der Waals surface area contributed by atoms with Crippen molar-refractivity contribution in [2.24, 2.45) is 11.3 Å². The molecular weight excluding hydrogens is 274 g/mol. The fraction of sp³-hybridized carbons (Fsp3) is 0.929. The smallest absolute Gasteiger partial charge is 0.213 e. The minimum atomic E-state index is -3.35. The Morgan fingerprint density at radius 2 is 2.20 bits per heavy atom. The first-order valence-electron chi connectivity index (χ1n) is 7.48. The molecule has 0 unspecified atom stereocenters. The van der Waals surface area contributed by atoms with Crippen LogP contribution in [-0.4, -0.2) is 44.7 Å². The van der Waals surface area contributed by atoms with E-state index in [2.05, 4.69) is 22.6 Å². The van der Waals surface area contributed by atoms with Crippen molar-refractivity contribution in [3.05, 3.63) is 0 Å². The van der Waals surface area contributed by atoms with Crippen LogP contribution >= 0.6 is 0 Å². The van der Waals surface area contributed by atoms with Gasteiger partial charge in [0.25, 0.3) is 0 Å². The first kappa shape index (κ1) is 15.7. The molecule has 20 heavy (non-hydrogen) atoms. The van der Waals surface area contributed by atoms with E-state index in [4.69, 9.17) is 5.26 Å². The van der Waals surface area contributed by atoms with Crippen molar-refractivity contribution in [1.82, 2.24) is 9.62 Å². The Morgan fingerprint density at radius 3 is 2.75 bits per heavy atom. The van der Waals surface area contributed by atoms with Crippen molar-refractivity contribution in [2.45, 2.75) is 45.6 Å². The Hall–Kier alpha value is -0.640. The highest BCUT2D eigenvalue weighted by Crippen LogP contribution is 2.45. The zero-order valence-electron chi connectivity index (χ0n) is 12.4. The van der Waals surface area contributed by atoms with Crippen molar-refractivity contribution in [2.75, 3.05) is 25.4 Å². The van der Waals surface area contributed by atoms with E-state index in [1.54, 1.807) is 0 Å². The van der Waals surface area contributed by atoms with Gasteiger partial charge in [0.05, 0.1) is 17.2 Å². The third-order valence-corrected chi connectivity index (χ3v) is 5.91. The molecule has 5 nitrogen and oxygen atoms in total. The molecule has 0 aromatic rings. The third kappa shape index (κ3) is 4.44. The lowest BCUT2D eigenvalue weighted by molar-refractivity contribution is 0.174. The van der Waals surface area contributed by atoms with E-state index in [-0.39, 0.29) is 11.8 Å². The highest BCUT2D eigenvalue weighted by molar-refractivity contribution is 7.89. The van der Waals surface area contributed by atoms with Gasteiger partial charge in [0.1, 0.15) is 0 Å². The van der Waals surface area contributed by atoms with Crippen molar-refractivity contribution in [1.29, 1.82) is 5.26 Å². The fourth-order valence-corrected chi connectivity index (χ4v) is 4.88. The number of nitriles is 1. The number of nitrogens with one attached hydrogen (secondary N) is 1. The normalized spacial score (nSPS) is 27.8. The summed E-state index contributed by atoms with van der Waals surface area (Å²) >= 11 is 0. The topological polar surface area (TPSA) is 73.2 Å². The van der Waals surface area contributed by atoms with Crippen LogP contribution in [0.15, 0.2) is 0 Å². The van der Waals surface area contributed by atoms with Crippen molar-refractivity contribution >= 4 is 10.0 Å². The minimum Gasteiger partial charge on any atom is -0.301 e. The van der Waals surface area contributed by atoms with Crippen LogP contribution in [0.1, 0.15) is 39.5 Å². The zero-order chi connectivity index (χ0) is 14.8. The van der Waals surface area contributed by atoms with Gasteiger partial charge in [0, 0.05) is 19.1 Å². The summed E-state index contributed by atoms with van der Waals surface area (Å²) < 4.78 is 26.9. The van der Waals surface area contributed by atoms with Crippen LogP contribution in [0.2, 0.25) is 0 Å². The molecule has 114 valence electrons. The van der Waals surface area contributed by atoms with Crippen LogP contribution in [-0.2, 0) is 10.0 Å². The number of rotatable bonds is 6. The predicted molar refractivity (Wildman–Crippen MR) is 78.5 cm³/mol. The van der Waals surface area contributed by atoms with E-state index in [0.29, 0.717) is 18.8 Å². The van der Waals surface area contributed by atoms with Gasteiger partial charge in [-0.2, -0.15) is 5.26 Å². The van der Waals surface area contributed by atoms with Gasteiger partial charge in [0.2, 0.25) is 10.0 Å². The molecule has 2 atom stereocenters. The summed E-state index contributed by atoms with van der Waals surface area (Å²) in [6, 6.07) is 2.04. The Labute approximate surface area is 122 Å². The number of piperidine rings is 1. The van der Waals surface area contributed by atoms with Crippen LogP contribution in [0.4, 0.5) is 0 Å². The molecule has 0 radical (unpaired) electrons. The highest BCUT2D eigenvalue weighted by Gasteiger charge is 2.47. The number of sulfonamides is 1. The quantitative estimate of drug-likeness (QED) is 0.803. The summed E-state index contributed by atoms with van der Waals surface area (Å²) in [5.41, 5.74) is -0.606. The van der Waals surface area contributed by atoms with Crippen LogP contribution in [0.25, 0.3) is 0 Å². The molecule has 0 amide bonds. The van der Waals surface area contributed by atoms with Crippen LogP contribution in [0.3, 0.4) is 0 Å². The molecule has 2 fully saturated rings. The average molecular weight is 299 g/mol. The van der Waals surface area contributed by atoms with Crippen LogP contribution in [0.5, 0.6) is 0 Å². The summed E-state index contributed by atoms with van der Waals surface area (Å²) in [5, 5.41) is 8.99. The largest absolute Gasteiger partial charge is 0.301 e. The first-order valence-corrected chi connectivity index (χ1v) is 9.13. The first-order chi connectivity index (χ1) is 9.34. The molecule has 0 bridgehead atoms. The standard InChI is InChI=1S/C14H25N3O2S/c1-12-4-3-7-17(8-12)9-13(2)16-20(18,19)11-14(10-15)5-6-14/h12-13,16H,3-9,11H2,1-2H3/t12-,13-/m1/s1. The summed E-state index contributed by atoms with van der Waals surface area (Å²) in [4.78, 5) is 2.33. The molecule has 1 aliphatic carbocycles. The SMILES string of the molecule is C[C@@H]1CCCN(C[C@@H](C)NS(=O)(=O)CC2(C#N)CC2)C1. The molecule has 2 aliphatic rings. The van der Waals surface area contributed by atoms with E-state index in [1.165, 1.54) is 12.8 Å². The van der Waals surface area contributed by atoms with E-state index >= 15 is 0 Å². The Bertz CT molecular complexity index is 479. The predicted octanol–water partition coefficient (Wildman–Crippen LogP) is 1.33. The Balaban J connectivity index is 1.81. The number of nitrogens with zero attached hydrogens (tertiary/aromatic N) is 2. The summed E-state index contributed by atoms with van der Waals surface area (Å²) in [5.74, 6) is 0.651. The Kier molecular flexibility index (Phi) is 4.73. The highest BCUT2D eigenvalue weighted by atomic mass is 32.2. The minimum absolute atomic E-state index is 0.0444. The summed E-state index contributed by atoms with van der Waals surface area (Å²) in [6.45, 7) is 7.00. The molecule has 0 spiro atoms. The number of likely N-dealkylation sites (tertiary alicyclic amines) is 1.